The van der Waals surface area contributed by atoms with Crippen molar-refractivity contribution in [1.29, 1.82) is 0 Å². The third-order valence-electron chi connectivity index (χ3n) is 3.38. The molecule has 0 bridgehead atoms. The van der Waals surface area contributed by atoms with E-state index in [0.29, 0.717) is 21.4 Å². The van der Waals surface area contributed by atoms with E-state index < -0.39 is 11.7 Å². The quantitative estimate of drug-likeness (QED) is 0.724. The van der Waals surface area contributed by atoms with Crippen LogP contribution in [-0.4, -0.2) is 15.3 Å². The minimum atomic E-state index is -4.41. The summed E-state index contributed by atoms with van der Waals surface area (Å²) in [6.07, 6.45) is -1.97. The van der Waals surface area contributed by atoms with Crippen molar-refractivity contribution >= 4 is 27.5 Å². The predicted octanol–water partition coefficient (Wildman–Crippen LogP) is 4.05. The average molecular weight is 398 g/mol. The Morgan fingerprint density at radius 1 is 1.17 bits per heavy atom. The summed E-state index contributed by atoms with van der Waals surface area (Å²) in [6.45, 7) is 0.114. The Morgan fingerprint density at radius 3 is 2.62 bits per heavy atom. The van der Waals surface area contributed by atoms with Gasteiger partial charge in [0.25, 0.3) is 5.91 Å². The molecule has 8 heteroatoms. The molecule has 1 amide bonds. The Kier molecular flexibility index (Phi) is 4.31. The van der Waals surface area contributed by atoms with Gasteiger partial charge in [-0.2, -0.15) is 13.2 Å². The second-order valence-electron chi connectivity index (χ2n) is 5.08. The van der Waals surface area contributed by atoms with Crippen molar-refractivity contribution < 1.29 is 18.0 Å². The number of carbonyl (C=O) groups excluding carboxylic acids is 1. The molecule has 124 valence electrons. The zero-order chi connectivity index (χ0) is 17.3. The van der Waals surface area contributed by atoms with Crippen LogP contribution in [0.4, 0.5) is 13.2 Å². The second-order valence-corrected chi connectivity index (χ2v) is 5.93. The van der Waals surface area contributed by atoms with Crippen LogP contribution in [0.3, 0.4) is 0 Å². The van der Waals surface area contributed by atoms with Gasteiger partial charge in [0.1, 0.15) is 5.65 Å². The Hall–Kier alpha value is -2.35. The minimum absolute atomic E-state index is 0.114. The average Bonchev–Trinajstić information content (AvgIpc) is 2.94. The molecule has 0 aliphatic carbocycles. The van der Waals surface area contributed by atoms with Crippen LogP contribution >= 0.6 is 15.9 Å². The van der Waals surface area contributed by atoms with Crippen LogP contribution in [-0.2, 0) is 12.7 Å². The third-order valence-corrected chi connectivity index (χ3v) is 4.07. The van der Waals surface area contributed by atoms with Crippen LogP contribution in [0.1, 0.15) is 21.6 Å². The molecule has 2 heterocycles. The first-order chi connectivity index (χ1) is 11.3. The van der Waals surface area contributed by atoms with Crippen LogP contribution < -0.4 is 5.32 Å². The van der Waals surface area contributed by atoms with E-state index in [1.165, 1.54) is 16.7 Å². The topological polar surface area (TPSA) is 46.4 Å². The lowest BCUT2D eigenvalue weighted by atomic mass is 10.2. The standard InChI is InChI=1S/C16H11BrF3N3O/c17-13-4-2-1-3-12(13)15(24)21-7-11-9-23-8-10(16(18,19)20)5-6-14(23)22-11/h1-6,8-9H,7H2,(H,21,24). The molecular formula is C16H11BrF3N3O. The molecule has 0 spiro atoms. The van der Waals surface area contributed by atoms with E-state index in [0.717, 1.165) is 12.3 Å². The largest absolute Gasteiger partial charge is 0.417 e. The fourth-order valence-corrected chi connectivity index (χ4v) is 2.67. The molecule has 3 rings (SSSR count). The minimum Gasteiger partial charge on any atom is -0.346 e. The monoisotopic (exact) mass is 397 g/mol. The van der Waals surface area contributed by atoms with Crippen LogP contribution in [0.15, 0.2) is 53.3 Å². The van der Waals surface area contributed by atoms with Gasteiger partial charge in [0.15, 0.2) is 0 Å². The first kappa shape index (κ1) is 16.5. The number of pyridine rings is 1. The van der Waals surface area contributed by atoms with Gasteiger partial charge in [0, 0.05) is 16.9 Å². The number of carbonyl (C=O) groups is 1. The highest BCUT2D eigenvalue weighted by atomic mass is 79.9. The number of amides is 1. The van der Waals surface area contributed by atoms with Crippen molar-refractivity contribution in [1.82, 2.24) is 14.7 Å². The van der Waals surface area contributed by atoms with Gasteiger partial charge < -0.3 is 9.72 Å². The molecule has 0 saturated carbocycles. The molecular weight excluding hydrogens is 387 g/mol. The molecule has 4 nitrogen and oxygen atoms in total. The van der Waals surface area contributed by atoms with Crippen molar-refractivity contribution in [3.8, 4) is 0 Å². The molecule has 1 aromatic carbocycles. The summed E-state index contributed by atoms with van der Waals surface area (Å²) in [7, 11) is 0. The summed E-state index contributed by atoms with van der Waals surface area (Å²) in [5, 5.41) is 2.69. The van der Waals surface area contributed by atoms with Gasteiger partial charge in [-0.25, -0.2) is 4.98 Å². The molecule has 0 radical (unpaired) electrons. The van der Waals surface area contributed by atoms with Crippen molar-refractivity contribution in [2.75, 3.05) is 0 Å². The second kappa shape index (κ2) is 6.27. The molecule has 24 heavy (non-hydrogen) atoms. The molecule has 0 aliphatic rings. The zero-order valence-corrected chi connectivity index (χ0v) is 13.7. The third kappa shape index (κ3) is 3.43. The highest BCUT2D eigenvalue weighted by Gasteiger charge is 2.30. The van der Waals surface area contributed by atoms with E-state index in [-0.39, 0.29) is 12.5 Å². The molecule has 0 atom stereocenters. The Balaban J connectivity index is 1.76. The lowest BCUT2D eigenvalue weighted by molar-refractivity contribution is -0.137. The van der Waals surface area contributed by atoms with Crippen molar-refractivity contribution in [3.63, 3.8) is 0 Å². The van der Waals surface area contributed by atoms with Crippen LogP contribution in [0.2, 0.25) is 0 Å². The van der Waals surface area contributed by atoms with Crippen molar-refractivity contribution in [2.45, 2.75) is 12.7 Å². The number of hydrogen-bond acceptors (Lipinski definition) is 2. The number of imidazole rings is 1. The number of rotatable bonds is 3. The van der Waals surface area contributed by atoms with E-state index in [9.17, 15) is 18.0 Å². The molecule has 0 aliphatic heterocycles. The number of nitrogens with zero attached hydrogens (tertiary/aromatic N) is 2. The zero-order valence-electron chi connectivity index (χ0n) is 12.1. The van der Waals surface area contributed by atoms with Crippen molar-refractivity contribution in [3.05, 3.63) is 70.1 Å². The van der Waals surface area contributed by atoms with E-state index in [1.54, 1.807) is 24.3 Å². The number of hydrogen-bond donors (Lipinski definition) is 1. The van der Waals surface area contributed by atoms with Gasteiger partial charge in [0.2, 0.25) is 0 Å². The summed E-state index contributed by atoms with van der Waals surface area (Å²) in [4.78, 5) is 16.3. The summed E-state index contributed by atoms with van der Waals surface area (Å²) in [6, 6.07) is 9.22. The van der Waals surface area contributed by atoms with E-state index in [4.69, 9.17) is 0 Å². The lowest BCUT2D eigenvalue weighted by Crippen LogP contribution is -2.23. The molecule has 0 fully saturated rings. The summed E-state index contributed by atoms with van der Waals surface area (Å²) in [5.41, 5.74) is 0.569. The molecule has 3 aromatic rings. The Bertz CT molecular complexity index is 905. The van der Waals surface area contributed by atoms with Crippen LogP contribution in [0, 0.1) is 0 Å². The normalized spacial score (nSPS) is 11.7. The first-order valence-corrected chi connectivity index (χ1v) is 7.71. The molecule has 2 aromatic heterocycles. The van der Waals surface area contributed by atoms with Gasteiger partial charge in [-0.15, -0.1) is 0 Å². The fourth-order valence-electron chi connectivity index (χ4n) is 2.21. The fraction of sp³-hybridized carbons (Fsp3) is 0.125. The number of fused-ring (bicyclic) bond motifs is 1. The maximum atomic E-state index is 12.7. The maximum Gasteiger partial charge on any atom is 0.417 e. The number of aromatic nitrogens is 2. The Labute approximate surface area is 143 Å². The van der Waals surface area contributed by atoms with Crippen molar-refractivity contribution in [2.24, 2.45) is 0 Å². The summed E-state index contributed by atoms with van der Waals surface area (Å²) in [5.74, 6) is -0.296. The molecule has 0 unspecified atom stereocenters. The van der Waals surface area contributed by atoms with Gasteiger partial charge >= 0.3 is 6.18 Å². The molecule has 0 saturated heterocycles. The highest BCUT2D eigenvalue weighted by Crippen LogP contribution is 2.29. The summed E-state index contributed by atoms with van der Waals surface area (Å²) < 4.78 is 40.1. The van der Waals surface area contributed by atoms with Gasteiger partial charge in [-0.1, -0.05) is 12.1 Å². The Morgan fingerprint density at radius 2 is 1.92 bits per heavy atom. The number of alkyl halides is 3. The smallest absolute Gasteiger partial charge is 0.346 e. The molecule has 1 N–H and O–H groups in total. The van der Waals surface area contributed by atoms with Crippen LogP contribution in [0.5, 0.6) is 0 Å². The first-order valence-electron chi connectivity index (χ1n) is 6.92. The van der Waals surface area contributed by atoms with Crippen LogP contribution in [0.25, 0.3) is 5.65 Å². The van der Waals surface area contributed by atoms with Gasteiger partial charge in [-0.05, 0) is 40.2 Å². The van der Waals surface area contributed by atoms with Gasteiger partial charge in [-0.3, -0.25) is 4.79 Å². The van der Waals surface area contributed by atoms with E-state index in [1.807, 2.05) is 0 Å². The number of benzene rings is 1. The van der Waals surface area contributed by atoms with E-state index in [2.05, 4.69) is 26.2 Å². The highest BCUT2D eigenvalue weighted by molar-refractivity contribution is 9.10. The van der Waals surface area contributed by atoms with Gasteiger partial charge in [0.05, 0.1) is 23.4 Å². The maximum absolute atomic E-state index is 12.7. The lowest BCUT2D eigenvalue weighted by Gasteiger charge is -2.05. The number of nitrogens with one attached hydrogen (secondary N) is 1. The SMILES string of the molecule is O=C(NCc1cn2cc(C(F)(F)F)ccc2n1)c1ccccc1Br. The summed E-state index contributed by atoms with van der Waals surface area (Å²) >= 11 is 3.29. The predicted molar refractivity (Wildman–Crippen MR) is 85.5 cm³/mol. The van der Waals surface area contributed by atoms with E-state index >= 15 is 0 Å². The number of halogens is 4.